The van der Waals surface area contributed by atoms with Crippen molar-refractivity contribution in [1.82, 2.24) is 0 Å². The van der Waals surface area contributed by atoms with Crippen molar-refractivity contribution in [3.8, 4) is 0 Å². The Morgan fingerprint density at radius 1 is 1.47 bits per heavy atom. The van der Waals surface area contributed by atoms with E-state index in [4.69, 9.17) is 0 Å². The van der Waals surface area contributed by atoms with Crippen molar-refractivity contribution >= 4 is 51.4 Å². The Morgan fingerprint density at radius 3 is 2.88 bits per heavy atom. The van der Waals surface area contributed by atoms with Gasteiger partial charge in [-0.2, -0.15) is 0 Å². The Kier molecular flexibility index (Phi) is 4.42. The summed E-state index contributed by atoms with van der Waals surface area (Å²) in [5.74, 6) is 0. The van der Waals surface area contributed by atoms with Crippen LogP contribution in [0.1, 0.15) is 18.2 Å². The summed E-state index contributed by atoms with van der Waals surface area (Å²) in [6.45, 7) is 2.12. The highest BCUT2D eigenvalue weighted by Crippen LogP contribution is 2.34. The third-order valence-corrected chi connectivity index (χ3v) is 4.25. The Bertz CT molecular complexity index is 522. The lowest BCUT2D eigenvalue weighted by Gasteiger charge is -2.16. The smallest absolute Gasteiger partial charge is 0.0876 e. The van der Waals surface area contributed by atoms with Gasteiger partial charge in [0, 0.05) is 20.5 Å². The lowest BCUT2D eigenvalue weighted by atomic mass is 9.95. The molecule has 0 N–H and O–H groups in total. The fourth-order valence-corrected chi connectivity index (χ4v) is 3.17. The van der Waals surface area contributed by atoms with Gasteiger partial charge in [0.05, 0.1) is 5.71 Å². The molecule has 0 fully saturated rings. The van der Waals surface area contributed by atoms with Crippen LogP contribution in [0.25, 0.3) is 5.57 Å². The van der Waals surface area contributed by atoms with E-state index in [0.717, 1.165) is 27.8 Å². The molecule has 0 saturated carbocycles. The molecule has 0 saturated heterocycles. The summed E-state index contributed by atoms with van der Waals surface area (Å²) in [4.78, 5) is 1.22. The number of thiophene rings is 1. The first-order valence-corrected chi connectivity index (χ1v) is 7.40. The van der Waals surface area contributed by atoms with Crippen LogP contribution in [-0.4, -0.2) is 5.71 Å². The van der Waals surface area contributed by atoms with Crippen LogP contribution < -0.4 is 0 Å². The fourth-order valence-electron chi connectivity index (χ4n) is 1.72. The van der Waals surface area contributed by atoms with E-state index < -0.39 is 0 Å². The van der Waals surface area contributed by atoms with E-state index in [1.54, 1.807) is 11.3 Å². The molecule has 0 unspecified atom stereocenters. The van der Waals surface area contributed by atoms with Gasteiger partial charge in [0.1, 0.15) is 0 Å². The van der Waals surface area contributed by atoms with Gasteiger partial charge in [-0.1, -0.05) is 41.1 Å². The molecule has 1 heterocycles. The minimum absolute atomic E-state index is 0.937. The molecule has 1 aliphatic carbocycles. The van der Waals surface area contributed by atoms with E-state index in [1.165, 1.54) is 4.88 Å². The molecule has 0 amide bonds. The highest BCUT2D eigenvalue weighted by molar-refractivity contribution is 9.12. The molecule has 0 aliphatic heterocycles. The van der Waals surface area contributed by atoms with Gasteiger partial charge in [-0.25, -0.2) is 4.40 Å². The second kappa shape index (κ2) is 5.85. The van der Waals surface area contributed by atoms with E-state index in [-0.39, 0.29) is 0 Å². The summed E-state index contributed by atoms with van der Waals surface area (Å²) in [6, 6.07) is 4.15. The van der Waals surface area contributed by atoms with E-state index in [1.807, 2.05) is 6.07 Å². The van der Waals surface area contributed by atoms with Crippen LogP contribution in [0, 0.1) is 0 Å². The number of hydrogen-bond donors (Lipinski definition) is 1. The van der Waals surface area contributed by atoms with E-state index in [9.17, 15) is 0 Å². The molecule has 0 atom stereocenters. The third-order valence-electron chi connectivity index (χ3n) is 2.46. The molecule has 1 aromatic heterocycles. The van der Waals surface area contributed by atoms with Gasteiger partial charge in [0.2, 0.25) is 0 Å². The van der Waals surface area contributed by atoms with Crippen molar-refractivity contribution in [2.45, 2.75) is 13.3 Å². The lowest BCUT2D eigenvalue weighted by Crippen LogP contribution is -2.08. The van der Waals surface area contributed by atoms with Crippen LogP contribution in [0.5, 0.6) is 0 Å². The summed E-state index contributed by atoms with van der Waals surface area (Å²) < 4.78 is 5.21. The average molecular weight is 326 g/mol. The summed E-state index contributed by atoms with van der Waals surface area (Å²) >= 11 is 9.39. The molecule has 17 heavy (non-hydrogen) atoms. The average Bonchev–Trinajstić information content (AvgIpc) is 2.85. The van der Waals surface area contributed by atoms with Gasteiger partial charge in [0.25, 0.3) is 0 Å². The molecule has 0 aromatic carbocycles. The largest absolute Gasteiger partial charge is 0.219 e. The molecule has 0 radical (unpaired) electrons. The number of halogens is 1. The van der Waals surface area contributed by atoms with E-state index in [2.05, 4.69) is 69.7 Å². The van der Waals surface area contributed by atoms with Crippen molar-refractivity contribution < 1.29 is 0 Å². The molecule has 1 nitrogen and oxygen atoms in total. The topological polar surface area (TPSA) is 12.4 Å². The van der Waals surface area contributed by atoms with E-state index in [0.29, 0.717) is 0 Å². The molecule has 88 valence electrons. The van der Waals surface area contributed by atoms with Crippen molar-refractivity contribution in [1.29, 1.82) is 0 Å². The standard InChI is InChI=1S/C13H12BrNS2/c1-2-4-9-11(14)7-6-10(13(9)15-16)12-5-3-8-17-12/h3-8,16H,2H2,1H3/b9-4+,15-13+. The van der Waals surface area contributed by atoms with Crippen LogP contribution in [0.2, 0.25) is 0 Å². The van der Waals surface area contributed by atoms with Crippen molar-refractivity contribution in [2.75, 3.05) is 0 Å². The van der Waals surface area contributed by atoms with Crippen molar-refractivity contribution in [3.63, 3.8) is 0 Å². The maximum Gasteiger partial charge on any atom is 0.0876 e. The Morgan fingerprint density at radius 2 is 2.29 bits per heavy atom. The SMILES string of the molecule is CC/C=C1\C(Br)=CC=C(c2cccs2)\C1=N\S. The second-order valence-electron chi connectivity index (χ2n) is 3.55. The van der Waals surface area contributed by atoms with Gasteiger partial charge in [-0.3, -0.25) is 0 Å². The van der Waals surface area contributed by atoms with Crippen LogP contribution in [-0.2, 0) is 0 Å². The summed E-state index contributed by atoms with van der Waals surface area (Å²) in [6.07, 6.45) is 7.29. The molecule has 0 spiro atoms. The molecular weight excluding hydrogens is 314 g/mol. The van der Waals surface area contributed by atoms with Crippen molar-refractivity contribution in [2.24, 2.45) is 4.40 Å². The predicted octanol–water partition coefficient (Wildman–Crippen LogP) is 5.05. The quantitative estimate of drug-likeness (QED) is 0.731. The number of hydrogen-bond acceptors (Lipinski definition) is 3. The Labute approximate surface area is 119 Å². The van der Waals surface area contributed by atoms with Gasteiger partial charge in [-0.15, -0.1) is 11.3 Å². The highest BCUT2D eigenvalue weighted by Gasteiger charge is 2.19. The van der Waals surface area contributed by atoms with Crippen LogP contribution in [0.3, 0.4) is 0 Å². The first-order chi connectivity index (χ1) is 8.27. The highest BCUT2D eigenvalue weighted by atomic mass is 79.9. The normalized spacial score (nSPS) is 20.6. The summed E-state index contributed by atoms with van der Waals surface area (Å²) in [7, 11) is 0. The molecular formula is C13H12BrNS2. The lowest BCUT2D eigenvalue weighted by molar-refractivity contribution is 1.21. The zero-order chi connectivity index (χ0) is 12.3. The van der Waals surface area contributed by atoms with Gasteiger partial charge in [-0.05, 0) is 36.8 Å². The summed E-state index contributed by atoms with van der Waals surface area (Å²) in [5, 5.41) is 2.07. The predicted molar refractivity (Wildman–Crippen MR) is 84.1 cm³/mol. The number of nitrogens with zero attached hydrogens (tertiary/aromatic N) is 1. The minimum atomic E-state index is 0.937. The molecule has 2 rings (SSSR count). The molecule has 0 bridgehead atoms. The monoisotopic (exact) mass is 325 g/mol. The first-order valence-electron chi connectivity index (χ1n) is 5.32. The Balaban J connectivity index is 2.51. The number of rotatable bonds is 2. The van der Waals surface area contributed by atoms with Crippen molar-refractivity contribution in [3.05, 3.63) is 50.7 Å². The number of thiol groups is 1. The maximum atomic E-state index is 4.15. The van der Waals surface area contributed by atoms with Gasteiger partial charge < -0.3 is 0 Å². The van der Waals surface area contributed by atoms with E-state index >= 15 is 0 Å². The van der Waals surface area contributed by atoms with Crippen LogP contribution in [0.15, 0.2) is 50.2 Å². The minimum Gasteiger partial charge on any atom is -0.219 e. The van der Waals surface area contributed by atoms with Gasteiger partial charge >= 0.3 is 0 Å². The first kappa shape index (κ1) is 12.9. The molecule has 4 heteroatoms. The Hall–Kier alpha value is -0.580. The molecule has 1 aromatic rings. The van der Waals surface area contributed by atoms with Crippen LogP contribution in [0.4, 0.5) is 0 Å². The van der Waals surface area contributed by atoms with Gasteiger partial charge in [0.15, 0.2) is 0 Å². The molecule has 1 aliphatic rings. The van der Waals surface area contributed by atoms with Crippen LogP contribution >= 0.6 is 40.1 Å². The zero-order valence-electron chi connectivity index (χ0n) is 9.35. The number of allylic oxidation sites excluding steroid dienone is 6. The maximum absolute atomic E-state index is 4.15. The second-order valence-corrected chi connectivity index (χ2v) is 5.55. The zero-order valence-corrected chi connectivity index (χ0v) is 12.6. The fraction of sp³-hybridized carbons (Fsp3) is 0.154. The third kappa shape index (κ3) is 2.64. The summed E-state index contributed by atoms with van der Waals surface area (Å²) in [5.41, 5.74) is 3.19.